The normalized spacial score (nSPS) is 12.4. The summed E-state index contributed by atoms with van der Waals surface area (Å²) in [5.74, 6) is -0.887. The molecule has 0 radical (unpaired) electrons. The van der Waals surface area contributed by atoms with Gasteiger partial charge in [0.2, 0.25) is 0 Å². The zero-order valence-electron chi connectivity index (χ0n) is 47.9. The van der Waals surface area contributed by atoms with Gasteiger partial charge in [-0.15, -0.1) is 0 Å². The van der Waals surface area contributed by atoms with Crippen molar-refractivity contribution in [1.82, 2.24) is 0 Å². The summed E-state index contributed by atoms with van der Waals surface area (Å²) < 4.78 is 16.8. The van der Waals surface area contributed by atoms with E-state index in [0.717, 1.165) is 83.5 Å². The molecule has 6 nitrogen and oxygen atoms in total. The van der Waals surface area contributed by atoms with E-state index in [2.05, 4.69) is 81.5 Å². The molecule has 0 heterocycles. The summed E-state index contributed by atoms with van der Waals surface area (Å²) >= 11 is 0. The molecular formula is C66H118O6. The number of ether oxygens (including phenoxy) is 3. The quantitative estimate of drug-likeness (QED) is 0.0261. The third kappa shape index (κ3) is 58.0. The molecule has 0 fully saturated rings. The van der Waals surface area contributed by atoms with Gasteiger partial charge in [-0.2, -0.15) is 0 Å². The topological polar surface area (TPSA) is 78.9 Å². The number of carbonyl (C=O) groups is 3. The first-order valence-corrected chi connectivity index (χ1v) is 31.3. The van der Waals surface area contributed by atoms with Gasteiger partial charge >= 0.3 is 17.9 Å². The number of allylic oxidation sites excluding steroid dienone is 10. The molecule has 418 valence electrons. The Hall–Kier alpha value is -2.89. The van der Waals surface area contributed by atoms with E-state index >= 15 is 0 Å². The van der Waals surface area contributed by atoms with Gasteiger partial charge in [0.05, 0.1) is 0 Å². The molecule has 72 heavy (non-hydrogen) atoms. The standard InChI is InChI=1S/C66H118O6/c1-4-7-10-13-16-18-20-22-24-26-28-29-30-31-32-33-34-35-36-37-39-40-42-44-46-48-50-53-56-59-65(68)71-62-63(61-70-64(67)58-55-52-15-12-9-6-3)72-66(69)60-57-54-51-49-47-45-43-41-38-27-25-23-21-19-17-14-11-8-5-2/h17,19-20,22-23,25-26,28,38,41,63H,4-16,18,21,24,27,29-37,39-40,42-62H2,1-3H3/b19-17-,22-20-,25-23-,28-26-,41-38-. The second-order valence-corrected chi connectivity index (χ2v) is 21.0. The molecule has 6 heteroatoms. The molecule has 0 aliphatic carbocycles. The minimum atomic E-state index is -0.777. The lowest BCUT2D eigenvalue weighted by Crippen LogP contribution is -2.30. The lowest BCUT2D eigenvalue weighted by atomic mass is 10.0. The third-order valence-corrected chi connectivity index (χ3v) is 13.7. The van der Waals surface area contributed by atoms with Gasteiger partial charge in [-0.05, 0) is 89.9 Å². The minimum absolute atomic E-state index is 0.0769. The predicted octanol–water partition coefficient (Wildman–Crippen LogP) is 21.2. The van der Waals surface area contributed by atoms with Gasteiger partial charge in [-0.1, -0.05) is 274 Å². The van der Waals surface area contributed by atoms with E-state index < -0.39 is 6.10 Å². The van der Waals surface area contributed by atoms with Gasteiger partial charge < -0.3 is 14.2 Å². The van der Waals surface area contributed by atoms with Gasteiger partial charge in [0, 0.05) is 19.3 Å². The van der Waals surface area contributed by atoms with Crippen molar-refractivity contribution in [2.45, 2.75) is 329 Å². The van der Waals surface area contributed by atoms with Crippen molar-refractivity contribution in [3.8, 4) is 0 Å². The molecule has 0 aliphatic rings. The number of esters is 3. The van der Waals surface area contributed by atoms with E-state index in [4.69, 9.17) is 14.2 Å². The summed E-state index contributed by atoms with van der Waals surface area (Å²) in [6.07, 6.45) is 76.9. The van der Waals surface area contributed by atoms with Crippen LogP contribution in [0, 0.1) is 0 Å². The Morgan fingerprint density at radius 1 is 0.278 bits per heavy atom. The lowest BCUT2D eigenvalue weighted by molar-refractivity contribution is -0.167. The molecule has 0 aliphatic heterocycles. The summed E-state index contributed by atoms with van der Waals surface area (Å²) in [5, 5.41) is 0. The van der Waals surface area contributed by atoms with Crippen LogP contribution in [-0.4, -0.2) is 37.2 Å². The van der Waals surface area contributed by atoms with E-state index in [1.807, 2.05) is 0 Å². The second-order valence-electron chi connectivity index (χ2n) is 21.0. The fraction of sp³-hybridized carbons (Fsp3) is 0.803. The van der Waals surface area contributed by atoms with E-state index in [-0.39, 0.29) is 31.1 Å². The summed E-state index contributed by atoms with van der Waals surface area (Å²) in [6, 6.07) is 0. The second kappa shape index (κ2) is 60.7. The number of hydrogen-bond donors (Lipinski definition) is 0. The van der Waals surface area contributed by atoms with Crippen molar-refractivity contribution in [3.05, 3.63) is 60.8 Å². The largest absolute Gasteiger partial charge is 0.462 e. The Kier molecular flexibility index (Phi) is 58.2. The van der Waals surface area contributed by atoms with Crippen LogP contribution in [0.2, 0.25) is 0 Å². The highest BCUT2D eigenvalue weighted by Crippen LogP contribution is 2.17. The van der Waals surface area contributed by atoms with E-state index in [9.17, 15) is 14.4 Å². The van der Waals surface area contributed by atoms with Crippen LogP contribution in [0.3, 0.4) is 0 Å². The molecular weight excluding hydrogens is 889 g/mol. The average Bonchev–Trinajstić information content (AvgIpc) is 3.38. The number of hydrogen-bond acceptors (Lipinski definition) is 6. The van der Waals surface area contributed by atoms with Crippen molar-refractivity contribution >= 4 is 17.9 Å². The van der Waals surface area contributed by atoms with E-state index in [1.54, 1.807) is 0 Å². The van der Waals surface area contributed by atoms with Gasteiger partial charge in [0.1, 0.15) is 13.2 Å². The molecule has 0 aromatic heterocycles. The molecule has 0 rings (SSSR count). The summed E-state index contributed by atoms with van der Waals surface area (Å²) in [5.41, 5.74) is 0. The summed E-state index contributed by atoms with van der Waals surface area (Å²) in [6.45, 7) is 6.56. The van der Waals surface area contributed by atoms with Crippen molar-refractivity contribution in [3.63, 3.8) is 0 Å². The Labute approximate surface area is 447 Å². The summed E-state index contributed by atoms with van der Waals surface area (Å²) in [4.78, 5) is 37.9. The maximum Gasteiger partial charge on any atom is 0.306 e. The fourth-order valence-corrected chi connectivity index (χ4v) is 9.01. The molecule has 0 amide bonds. The van der Waals surface area contributed by atoms with Crippen molar-refractivity contribution in [2.24, 2.45) is 0 Å². The Morgan fingerprint density at radius 2 is 0.500 bits per heavy atom. The number of carbonyl (C=O) groups excluding carboxylic acids is 3. The first kappa shape index (κ1) is 69.1. The Morgan fingerprint density at radius 3 is 0.806 bits per heavy atom. The van der Waals surface area contributed by atoms with Gasteiger partial charge in [0.25, 0.3) is 0 Å². The maximum absolute atomic E-state index is 12.8. The van der Waals surface area contributed by atoms with Crippen LogP contribution in [-0.2, 0) is 28.6 Å². The van der Waals surface area contributed by atoms with Crippen LogP contribution in [0.1, 0.15) is 323 Å². The first-order chi connectivity index (χ1) is 35.5. The predicted molar refractivity (Wildman–Crippen MR) is 312 cm³/mol. The van der Waals surface area contributed by atoms with Crippen LogP contribution in [0.4, 0.5) is 0 Å². The summed E-state index contributed by atoms with van der Waals surface area (Å²) in [7, 11) is 0. The minimum Gasteiger partial charge on any atom is -0.462 e. The average molecular weight is 1010 g/mol. The molecule has 0 aromatic rings. The molecule has 1 atom stereocenters. The molecule has 0 N–H and O–H groups in total. The lowest BCUT2D eigenvalue weighted by Gasteiger charge is -2.18. The van der Waals surface area contributed by atoms with E-state index in [0.29, 0.717) is 19.3 Å². The Balaban J connectivity index is 4.05. The molecule has 1 unspecified atom stereocenters. The molecule has 0 saturated carbocycles. The molecule has 0 spiro atoms. The highest BCUT2D eigenvalue weighted by atomic mass is 16.6. The van der Waals surface area contributed by atoms with Gasteiger partial charge in [0.15, 0.2) is 6.10 Å². The zero-order chi connectivity index (χ0) is 52.2. The van der Waals surface area contributed by atoms with E-state index in [1.165, 1.54) is 199 Å². The van der Waals surface area contributed by atoms with Crippen LogP contribution < -0.4 is 0 Å². The molecule has 0 saturated heterocycles. The molecule has 0 bridgehead atoms. The van der Waals surface area contributed by atoms with Gasteiger partial charge in [-0.25, -0.2) is 0 Å². The highest BCUT2D eigenvalue weighted by molar-refractivity contribution is 5.71. The third-order valence-electron chi connectivity index (χ3n) is 13.7. The van der Waals surface area contributed by atoms with Crippen LogP contribution in [0.25, 0.3) is 0 Å². The monoisotopic (exact) mass is 1010 g/mol. The number of unbranched alkanes of at least 4 members (excludes halogenated alkanes) is 36. The van der Waals surface area contributed by atoms with Crippen LogP contribution in [0.5, 0.6) is 0 Å². The molecule has 0 aromatic carbocycles. The van der Waals surface area contributed by atoms with Gasteiger partial charge in [-0.3, -0.25) is 14.4 Å². The highest BCUT2D eigenvalue weighted by Gasteiger charge is 2.19. The number of rotatable bonds is 57. The van der Waals surface area contributed by atoms with Crippen molar-refractivity contribution in [1.29, 1.82) is 0 Å². The first-order valence-electron chi connectivity index (χ1n) is 31.3. The zero-order valence-corrected chi connectivity index (χ0v) is 47.9. The van der Waals surface area contributed by atoms with Crippen LogP contribution >= 0.6 is 0 Å². The maximum atomic E-state index is 12.8. The van der Waals surface area contributed by atoms with Crippen molar-refractivity contribution < 1.29 is 28.6 Å². The smallest absolute Gasteiger partial charge is 0.306 e. The van der Waals surface area contributed by atoms with Crippen LogP contribution in [0.15, 0.2) is 60.8 Å². The SMILES string of the molecule is CCCCC/C=C\C/C=C\C/C=C\CCCCCCCCC(=O)OC(COC(=O)CCCCCCCC)COC(=O)CCCCCCCCCCCCCCCCCCC/C=C\C/C=C\CCCCCCC. The van der Waals surface area contributed by atoms with Crippen molar-refractivity contribution in [2.75, 3.05) is 13.2 Å². The fourth-order valence-electron chi connectivity index (χ4n) is 9.01. The Bertz CT molecular complexity index is 1290.